The first kappa shape index (κ1) is 10.4. The highest BCUT2D eigenvalue weighted by atomic mass is 32.2. The molecule has 0 aliphatic heterocycles. The van der Waals surface area contributed by atoms with Crippen LogP contribution in [0.15, 0.2) is 0 Å². The summed E-state index contributed by atoms with van der Waals surface area (Å²) in [6, 6.07) is 0. The van der Waals surface area contributed by atoms with Gasteiger partial charge >= 0.3 is 10.1 Å². The quantitative estimate of drug-likeness (QED) is 0.382. The Labute approximate surface area is 66.3 Å². The molecule has 0 amide bonds. The molecule has 0 heterocycles. The van der Waals surface area contributed by atoms with Crippen molar-refractivity contribution in [2.24, 2.45) is 0 Å². The normalized spacial score (nSPS) is 10.4. The van der Waals surface area contributed by atoms with E-state index in [0.717, 1.165) is 6.42 Å². The fourth-order valence-electron chi connectivity index (χ4n) is 0.388. The van der Waals surface area contributed by atoms with E-state index in [4.69, 9.17) is 9.29 Å². The molecule has 4 nitrogen and oxygen atoms in total. The standard InChI is InChI=1S/C6H10O4S/c1-2-4-10-5-3-6-11(7,8)9/h2,4-5H2,1H3,(H,7,8,9). The monoisotopic (exact) mass is 178 g/mol. The highest BCUT2D eigenvalue weighted by Crippen LogP contribution is 1.79. The van der Waals surface area contributed by atoms with Crippen molar-refractivity contribution in [3.05, 3.63) is 0 Å². The fraction of sp³-hybridized carbons (Fsp3) is 0.667. The van der Waals surface area contributed by atoms with E-state index in [1.165, 1.54) is 0 Å². The van der Waals surface area contributed by atoms with Crippen LogP contribution < -0.4 is 0 Å². The molecule has 0 unspecified atom stereocenters. The zero-order valence-electron chi connectivity index (χ0n) is 6.20. The fourth-order valence-corrected chi connectivity index (χ4v) is 0.630. The van der Waals surface area contributed by atoms with Gasteiger partial charge in [0.15, 0.2) is 0 Å². The van der Waals surface area contributed by atoms with E-state index in [9.17, 15) is 8.42 Å². The summed E-state index contributed by atoms with van der Waals surface area (Å²) in [5.74, 6) is 2.15. The first-order chi connectivity index (χ1) is 5.06. The third-order valence-corrected chi connectivity index (χ3v) is 1.13. The van der Waals surface area contributed by atoms with E-state index in [-0.39, 0.29) is 6.61 Å². The molecule has 0 atom stereocenters. The van der Waals surface area contributed by atoms with E-state index >= 15 is 0 Å². The highest BCUT2D eigenvalue weighted by molar-refractivity contribution is 7.90. The van der Waals surface area contributed by atoms with Crippen molar-refractivity contribution >= 4 is 10.1 Å². The Kier molecular flexibility index (Phi) is 4.86. The molecule has 0 aliphatic rings. The molecule has 64 valence electrons. The third-order valence-electron chi connectivity index (χ3n) is 0.724. The first-order valence-electron chi connectivity index (χ1n) is 3.11. The molecule has 0 radical (unpaired) electrons. The Balaban J connectivity index is 3.58. The van der Waals surface area contributed by atoms with Crippen LogP contribution >= 0.6 is 0 Å². The lowest BCUT2D eigenvalue weighted by atomic mass is 10.5. The molecule has 5 heteroatoms. The molecular formula is C6H10O4S. The van der Waals surface area contributed by atoms with Crippen molar-refractivity contribution in [1.82, 2.24) is 0 Å². The molecule has 11 heavy (non-hydrogen) atoms. The lowest BCUT2D eigenvalue weighted by Gasteiger charge is -1.92. The van der Waals surface area contributed by atoms with Crippen molar-refractivity contribution in [3.63, 3.8) is 0 Å². The second-order valence-electron chi connectivity index (χ2n) is 1.81. The van der Waals surface area contributed by atoms with Gasteiger partial charge in [-0.05, 0) is 6.42 Å². The van der Waals surface area contributed by atoms with Crippen LogP contribution in [-0.2, 0) is 14.9 Å². The van der Waals surface area contributed by atoms with Crippen LogP contribution in [0.1, 0.15) is 13.3 Å². The van der Waals surface area contributed by atoms with Gasteiger partial charge in [0, 0.05) is 6.61 Å². The topological polar surface area (TPSA) is 63.6 Å². The molecule has 0 spiro atoms. The van der Waals surface area contributed by atoms with Gasteiger partial charge in [0.1, 0.15) is 6.61 Å². The zero-order chi connectivity index (χ0) is 8.74. The van der Waals surface area contributed by atoms with Gasteiger partial charge in [-0.2, -0.15) is 8.42 Å². The molecule has 0 aromatic rings. The maximum Gasteiger partial charge on any atom is 0.335 e. The summed E-state index contributed by atoms with van der Waals surface area (Å²) in [6.45, 7) is 2.50. The van der Waals surface area contributed by atoms with Crippen LogP contribution in [0.2, 0.25) is 0 Å². The lowest BCUT2D eigenvalue weighted by Crippen LogP contribution is -1.95. The van der Waals surface area contributed by atoms with Gasteiger partial charge in [0.25, 0.3) is 0 Å². The molecule has 0 aromatic carbocycles. The molecule has 0 aromatic heterocycles. The van der Waals surface area contributed by atoms with Gasteiger partial charge in [-0.25, -0.2) is 0 Å². The summed E-state index contributed by atoms with van der Waals surface area (Å²) >= 11 is 0. The van der Waals surface area contributed by atoms with Gasteiger partial charge in [-0.15, -0.1) is 0 Å². The largest absolute Gasteiger partial charge is 0.369 e. The summed E-state index contributed by atoms with van der Waals surface area (Å²) in [7, 11) is -4.15. The van der Waals surface area contributed by atoms with Crippen molar-refractivity contribution in [3.8, 4) is 11.2 Å². The summed E-state index contributed by atoms with van der Waals surface area (Å²) in [5, 5.41) is 1.63. The summed E-state index contributed by atoms with van der Waals surface area (Å²) in [6.07, 6.45) is 0.855. The smallest absolute Gasteiger partial charge is 0.335 e. The van der Waals surface area contributed by atoms with E-state index in [1.807, 2.05) is 6.92 Å². The summed E-state index contributed by atoms with van der Waals surface area (Å²) in [4.78, 5) is 0. The highest BCUT2D eigenvalue weighted by Gasteiger charge is 1.92. The Hall–Kier alpha value is -0.570. The van der Waals surface area contributed by atoms with Gasteiger partial charge in [0.05, 0.1) is 5.25 Å². The van der Waals surface area contributed by atoms with Gasteiger partial charge in [-0.1, -0.05) is 12.8 Å². The summed E-state index contributed by atoms with van der Waals surface area (Å²) in [5.41, 5.74) is 0. The Morgan fingerprint density at radius 3 is 2.64 bits per heavy atom. The average Bonchev–Trinajstić information content (AvgIpc) is 1.85. The first-order valence-corrected chi connectivity index (χ1v) is 4.55. The second-order valence-corrected chi connectivity index (χ2v) is 2.96. The SMILES string of the molecule is CCCOCC#CS(=O)(=O)O. The maximum absolute atomic E-state index is 9.99. The molecule has 0 aliphatic carbocycles. The number of rotatable bonds is 3. The van der Waals surface area contributed by atoms with E-state index < -0.39 is 10.1 Å². The van der Waals surface area contributed by atoms with Crippen LogP contribution in [-0.4, -0.2) is 26.2 Å². The second kappa shape index (κ2) is 5.13. The number of ether oxygens (including phenoxy) is 1. The Bertz CT molecular complexity index is 243. The Morgan fingerprint density at radius 1 is 1.55 bits per heavy atom. The molecule has 0 bridgehead atoms. The number of hydrogen-bond donors (Lipinski definition) is 1. The minimum atomic E-state index is -4.15. The van der Waals surface area contributed by atoms with Crippen LogP contribution in [0, 0.1) is 11.2 Å². The molecular weight excluding hydrogens is 168 g/mol. The van der Waals surface area contributed by atoms with Crippen molar-refractivity contribution in [1.29, 1.82) is 0 Å². The van der Waals surface area contributed by atoms with Crippen molar-refractivity contribution < 1.29 is 17.7 Å². The zero-order valence-corrected chi connectivity index (χ0v) is 7.02. The molecule has 0 saturated carbocycles. The predicted molar refractivity (Wildman–Crippen MR) is 40.4 cm³/mol. The Morgan fingerprint density at radius 2 is 2.18 bits per heavy atom. The molecule has 0 fully saturated rings. The van der Waals surface area contributed by atoms with E-state index in [0.29, 0.717) is 6.61 Å². The van der Waals surface area contributed by atoms with Crippen LogP contribution in [0.25, 0.3) is 0 Å². The molecule has 0 rings (SSSR count). The van der Waals surface area contributed by atoms with Crippen LogP contribution in [0.3, 0.4) is 0 Å². The number of hydrogen-bond acceptors (Lipinski definition) is 3. The lowest BCUT2D eigenvalue weighted by molar-refractivity contribution is 0.168. The molecule has 1 N–H and O–H groups in total. The van der Waals surface area contributed by atoms with Crippen LogP contribution in [0.4, 0.5) is 0 Å². The van der Waals surface area contributed by atoms with Crippen molar-refractivity contribution in [2.75, 3.05) is 13.2 Å². The van der Waals surface area contributed by atoms with Gasteiger partial charge in [0.2, 0.25) is 0 Å². The minimum absolute atomic E-state index is 0.0353. The maximum atomic E-state index is 9.99. The average molecular weight is 178 g/mol. The van der Waals surface area contributed by atoms with E-state index in [2.05, 4.69) is 5.92 Å². The van der Waals surface area contributed by atoms with Crippen molar-refractivity contribution in [2.45, 2.75) is 13.3 Å². The summed E-state index contributed by atoms with van der Waals surface area (Å²) < 4.78 is 32.9. The minimum Gasteiger partial charge on any atom is -0.369 e. The predicted octanol–water partition coefficient (Wildman–Crippen LogP) is 0.262. The third kappa shape index (κ3) is 9.43. The van der Waals surface area contributed by atoms with Crippen LogP contribution in [0.5, 0.6) is 0 Å². The molecule has 0 saturated heterocycles. The van der Waals surface area contributed by atoms with E-state index in [1.54, 1.807) is 5.25 Å². The van der Waals surface area contributed by atoms with Gasteiger partial charge < -0.3 is 4.74 Å². The van der Waals surface area contributed by atoms with Gasteiger partial charge in [-0.3, -0.25) is 4.55 Å².